The van der Waals surface area contributed by atoms with Gasteiger partial charge >= 0.3 is 11.9 Å². The van der Waals surface area contributed by atoms with Gasteiger partial charge in [-0.05, 0) is 42.0 Å². The maximum absolute atomic E-state index is 11.7. The average Bonchev–Trinajstić information content (AvgIpc) is 3.05. The number of nitrogens with zero attached hydrogens (tertiary/aromatic N) is 1. The van der Waals surface area contributed by atoms with Crippen molar-refractivity contribution < 1.29 is 24.9 Å². The second-order valence-electron chi connectivity index (χ2n) is 5.87. The van der Waals surface area contributed by atoms with Crippen LogP contribution in [0, 0.1) is 0 Å². The van der Waals surface area contributed by atoms with Gasteiger partial charge in [-0.3, -0.25) is 9.69 Å². The molecule has 8 heteroatoms. The van der Waals surface area contributed by atoms with Crippen LogP contribution in [-0.4, -0.2) is 44.8 Å². The van der Waals surface area contributed by atoms with Gasteiger partial charge in [-0.2, -0.15) is 0 Å². The van der Waals surface area contributed by atoms with Gasteiger partial charge < -0.3 is 15.3 Å². The molecule has 1 aliphatic rings. The van der Waals surface area contributed by atoms with Crippen LogP contribution in [0.1, 0.15) is 29.0 Å². The van der Waals surface area contributed by atoms with E-state index in [4.69, 9.17) is 21.8 Å². The summed E-state index contributed by atoms with van der Waals surface area (Å²) in [6, 6.07) is 8.58. The van der Waals surface area contributed by atoms with E-state index in [1.54, 1.807) is 23.5 Å². The molecule has 0 saturated heterocycles. The Morgan fingerprint density at radius 2 is 1.85 bits per heavy atom. The third-order valence-electron chi connectivity index (χ3n) is 3.99. The predicted molar refractivity (Wildman–Crippen MR) is 99.6 cm³/mol. The molecular formula is C18H20ClNO5S. The Balaban J connectivity index is 0.000000352. The number of aliphatic hydroxyl groups is 1. The number of fused-ring (bicyclic) bond motifs is 1. The van der Waals surface area contributed by atoms with Gasteiger partial charge in [-0.25, -0.2) is 4.79 Å². The van der Waals surface area contributed by atoms with Crippen LogP contribution in [0.15, 0.2) is 35.7 Å². The summed E-state index contributed by atoms with van der Waals surface area (Å²) in [5.41, 5.74) is 1.90. The zero-order chi connectivity index (χ0) is 19.3. The molecule has 2 heterocycles. The van der Waals surface area contributed by atoms with Crippen molar-refractivity contribution in [2.75, 3.05) is 6.54 Å². The van der Waals surface area contributed by atoms with Crippen molar-refractivity contribution in [3.05, 3.63) is 56.7 Å². The fraction of sp³-hybridized carbons (Fsp3) is 0.333. The molecule has 0 saturated carbocycles. The van der Waals surface area contributed by atoms with E-state index < -0.39 is 24.1 Å². The van der Waals surface area contributed by atoms with Crippen LogP contribution in [0.4, 0.5) is 0 Å². The molecule has 0 aliphatic carbocycles. The van der Waals surface area contributed by atoms with Crippen LogP contribution in [0.25, 0.3) is 0 Å². The predicted octanol–water partition coefficient (Wildman–Crippen LogP) is 3.04. The van der Waals surface area contributed by atoms with E-state index in [1.807, 2.05) is 17.0 Å². The van der Waals surface area contributed by atoms with E-state index in [9.17, 15) is 14.7 Å². The number of halogens is 1. The van der Waals surface area contributed by atoms with Crippen molar-refractivity contribution in [3.63, 3.8) is 0 Å². The summed E-state index contributed by atoms with van der Waals surface area (Å²) < 4.78 is 0. The third kappa shape index (κ3) is 5.04. The van der Waals surface area contributed by atoms with E-state index in [-0.39, 0.29) is 0 Å². The summed E-state index contributed by atoms with van der Waals surface area (Å²) in [6.07, 6.45) is -0.327. The number of hydrogen-bond donors (Lipinski definition) is 3. The highest BCUT2D eigenvalue weighted by Crippen LogP contribution is 2.33. The van der Waals surface area contributed by atoms with E-state index in [2.05, 4.69) is 11.4 Å². The molecule has 140 valence electrons. The molecule has 0 amide bonds. The van der Waals surface area contributed by atoms with Gasteiger partial charge in [0, 0.05) is 23.0 Å². The lowest BCUT2D eigenvalue weighted by Crippen LogP contribution is -2.37. The topological polar surface area (TPSA) is 98.1 Å². The number of carbonyl (C=O) groups is 2. The molecule has 0 bridgehead atoms. The molecule has 0 fully saturated rings. The van der Waals surface area contributed by atoms with Crippen molar-refractivity contribution in [2.45, 2.75) is 32.0 Å². The number of aliphatic hydroxyl groups excluding tert-OH is 1. The highest BCUT2D eigenvalue weighted by molar-refractivity contribution is 7.10. The summed E-state index contributed by atoms with van der Waals surface area (Å²) in [7, 11) is 0. The smallest absolute Gasteiger partial charge is 0.332 e. The Kier molecular flexibility index (Phi) is 7.16. The van der Waals surface area contributed by atoms with Gasteiger partial charge in [0.15, 0.2) is 0 Å². The lowest BCUT2D eigenvalue weighted by atomic mass is 10.0. The van der Waals surface area contributed by atoms with Crippen molar-refractivity contribution in [2.24, 2.45) is 0 Å². The highest BCUT2D eigenvalue weighted by atomic mass is 35.5. The summed E-state index contributed by atoms with van der Waals surface area (Å²) >= 11 is 7.92. The van der Waals surface area contributed by atoms with Crippen LogP contribution in [0.5, 0.6) is 0 Å². The largest absolute Gasteiger partial charge is 0.480 e. The van der Waals surface area contributed by atoms with E-state index in [0.29, 0.717) is 17.1 Å². The first kappa shape index (κ1) is 20.4. The quantitative estimate of drug-likeness (QED) is 0.733. The van der Waals surface area contributed by atoms with Crippen LogP contribution >= 0.6 is 22.9 Å². The van der Waals surface area contributed by atoms with Gasteiger partial charge in [0.2, 0.25) is 0 Å². The van der Waals surface area contributed by atoms with Gasteiger partial charge in [0.25, 0.3) is 0 Å². The normalized spacial score (nSPS) is 16.0. The van der Waals surface area contributed by atoms with Crippen molar-refractivity contribution in [3.8, 4) is 0 Å². The molecule has 0 radical (unpaired) electrons. The standard InChI is InChI=1S/C15H14ClNO2S.C3H6O3/c16-12-4-2-1-3-11(12)14(15(18)19)17-7-5-13-10(9-17)6-8-20-13;1-2(4)3(5)6/h1-4,6,8,14H,5,7,9H2,(H,18,19);2,4H,1H3,(H,5,6)/t14-;/m0./s1. The Bertz CT molecular complexity index is 776. The molecule has 26 heavy (non-hydrogen) atoms. The number of carboxylic acid groups (broad SMARTS) is 2. The average molecular weight is 398 g/mol. The lowest BCUT2D eigenvalue weighted by molar-refractivity contribution is -0.145. The van der Waals surface area contributed by atoms with E-state index in [1.165, 1.54) is 17.4 Å². The van der Waals surface area contributed by atoms with Crippen LogP contribution < -0.4 is 0 Å². The molecule has 0 spiro atoms. The maximum atomic E-state index is 11.7. The number of benzene rings is 1. The molecule has 3 N–H and O–H groups in total. The minimum Gasteiger partial charge on any atom is -0.480 e. The maximum Gasteiger partial charge on any atom is 0.332 e. The van der Waals surface area contributed by atoms with Crippen LogP contribution in [0.2, 0.25) is 5.02 Å². The zero-order valence-corrected chi connectivity index (χ0v) is 15.7. The molecule has 6 nitrogen and oxygen atoms in total. The van der Waals surface area contributed by atoms with Crippen molar-refractivity contribution >= 4 is 34.9 Å². The molecule has 1 aromatic heterocycles. The lowest BCUT2D eigenvalue weighted by Gasteiger charge is -2.32. The Labute approximate surface area is 160 Å². The minimum absolute atomic E-state index is 0.510. The molecule has 1 aliphatic heterocycles. The zero-order valence-electron chi connectivity index (χ0n) is 14.1. The Hall–Kier alpha value is -1.93. The number of thiophene rings is 1. The molecule has 2 atom stereocenters. The summed E-state index contributed by atoms with van der Waals surface area (Å²) in [4.78, 5) is 24.5. The summed E-state index contributed by atoms with van der Waals surface area (Å²) in [6.45, 7) is 2.61. The summed E-state index contributed by atoms with van der Waals surface area (Å²) in [5, 5.41) is 28.0. The first-order valence-corrected chi connectivity index (χ1v) is 9.24. The van der Waals surface area contributed by atoms with Crippen molar-refractivity contribution in [1.82, 2.24) is 4.90 Å². The summed E-state index contributed by atoms with van der Waals surface area (Å²) in [5.74, 6) is -2.04. The van der Waals surface area contributed by atoms with Gasteiger partial charge in [-0.1, -0.05) is 29.8 Å². The Morgan fingerprint density at radius 3 is 2.42 bits per heavy atom. The van der Waals surface area contributed by atoms with E-state index in [0.717, 1.165) is 13.0 Å². The Morgan fingerprint density at radius 1 is 1.19 bits per heavy atom. The number of aliphatic carboxylic acids is 2. The molecule has 3 rings (SSSR count). The molecular weight excluding hydrogens is 378 g/mol. The second kappa shape index (κ2) is 9.14. The molecule has 2 aromatic rings. The fourth-order valence-electron chi connectivity index (χ4n) is 2.67. The van der Waals surface area contributed by atoms with Crippen LogP contribution in [0.3, 0.4) is 0 Å². The number of rotatable bonds is 4. The monoisotopic (exact) mass is 397 g/mol. The van der Waals surface area contributed by atoms with E-state index >= 15 is 0 Å². The van der Waals surface area contributed by atoms with Crippen molar-refractivity contribution in [1.29, 1.82) is 0 Å². The number of hydrogen-bond acceptors (Lipinski definition) is 5. The SMILES string of the molecule is CC(O)C(=O)O.O=C(O)[C@H](c1ccccc1Cl)N1CCc2sccc2C1. The second-order valence-corrected chi connectivity index (χ2v) is 7.27. The number of carboxylic acids is 2. The van der Waals surface area contributed by atoms with Gasteiger partial charge in [-0.15, -0.1) is 11.3 Å². The minimum atomic E-state index is -1.23. The molecule has 1 aromatic carbocycles. The first-order chi connectivity index (χ1) is 12.3. The first-order valence-electron chi connectivity index (χ1n) is 7.98. The van der Waals surface area contributed by atoms with Crippen LogP contribution in [-0.2, 0) is 22.6 Å². The van der Waals surface area contributed by atoms with Gasteiger partial charge in [0.1, 0.15) is 12.1 Å². The van der Waals surface area contributed by atoms with Gasteiger partial charge in [0.05, 0.1) is 0 Å². The third-order valence-corrected chi connectivity index (χ3v) is 5.36. The highest BCUT2D eigenvalue weighted by Gasteiger charge is 2.31. The fourth-order valence-corrected chi connectivity index (χ4v) is 3.80. The molecule has 1 unspecified atom stereocenters.